The molecule has 180 valence electrons. The van der Waals surface area contributed by atoms with E-state index in [1.54, 1.807) is 0 Å². The molecular weight excluding hydrogens is 376 g/mol. The second-order valence-electron chi connectivity index (χ2n) is 13.7. The number of hydrogen-bond donors (Lipinski definition) is 2. The lowest BCUT2D eigenvalue weighted by Crippen LogP contribution is -2.56. The molecule has 3 N–H and O–H groups in total. The maximum atomic E-state index is 5.82. The first-order valence-electron chi connectivity index (χ1n) is 14.1. The van der Waals surface area contributed by atoms with Gasteiger partial charge in [0.25, 0.3) is 0 Å². The molecule has 0 heterocycles. The van der Waals surface area contributed by atoms with Crippen LogP contribution in [0.15, 0.2) is 0 Å². The Balaban J connectivity index is 1.48. The van der Waals surface area contributed by atoms with E-state index < -0.39 is 0 Å². The van der Waals surface area contributed by atoms with E-state index >= 15 is 0 Å². The minimum absolute atomic E-state index is 0.556. The molecule has 0 bridgehead atoms. The zero-order chi connectivity index (χ0) is 22.4. The summed E-state index contributed by atoms with van der Waals surface area (Å²) in [5, 5.41) is 3.57. The molecule has 4 rings (SSSR count). The Labute approximate surface area is 194 Å². The lowest BCUT2D eigenvalue weighted by Gasteiger charge is -2.63. The Hall–Kier alpha value is -0.0800. The minimum Gasteiger partial charge on any atom is -0.318 e. The van der Waals surface area contributed by atoms with Crippen molar-refractivity contribution in [2.45, 2.75) is 125 Å². The highest BCUT2D eigenvalue weighted by Gasteiger charge is 2.64. The number of nitrogens with two attached hydrogens (primary N) is 1. The largest absolute Gasteiger partial charge is 0.318 e. The van der Waals surface area contributed by atoms with Crippen molar-refractivity contribution in [3.63, 3.8) is 0 Å². The van der Waals surface area contributed by atoms with Gasteiger partial charge in [-0.1, -0.05) is 60.8 Å². The predicted octanol–water partition coefficient (Wildman–Crippen LogP) is 7.37. The van der Waals surface area contributed by atoms with Crippen molar-refractivity contribution in [2.24, 2.45) is 57.5 Å². The summed E-state index contributed by atoms with van der Waals surface area (Å²) in [6, 6.07) is 0.676. The van der Waals surface area contributed by atoms with Crippen molar-refractivity contribution < 1.29 is 0 Å². The Morgan fingerprint density at radius 3 is 2.32 bits per heavy atom. The minimum atomic E-state index is 0.556. The first-order valence-corrected chi connectivity index (χ1v) is 14.1. The van der Waals surface area contributed by atoms with Crippen LogP contribution in [0.3, 0.4) is 0 Å². The smallest absolute Gasteiger partial charge is 0.0430 e. The van der Waals surface area contributed by atoms with E-state index in [0.717, 1.165) is 35.5 Å². The van der Waals surface area contributed by atoms with Gasteiger partial charge in [0.05, 0.1) is 0 Å². The second-order valence-corrected chi connectivity index (χ2v) is 13.7. The van der Waals surface area contributed by atoms with Crippen LogP contribution >= 0.6 is 0 Å². The lowest BCUT2D eigenvalue weighted by molar-refractivity contribution is -0.134. The molecule has 0 radical (unpaired) electrons. The highest BCUT2D eigenvalue weighted by molar-refractivity contribution is 5.13. The van der Waals surface area contributed by atoms with Crippen LogP contribution in [0.5, 0.6) is 0 Å². The molecule has 31 heavy (non-hydrogen) atoms. The van der Waals surface area contributed by atoms with Crippen molar-refractivity contribution in [1.82, 2.24) is 5.32 Å². The normalized spacial score (nSPS) is 48.2. The molecule has 4 unspecified atom stereocenters. The summed E-state index contributed by atoms with van der Waals surface area (Å²) in [5.41, 5.74) is 7.55. The van der Waals surface area contributed by atoms with E-state index in [9.17, 15) is 0 Å². The zero-order valence-corrected chi connectivity index (χ0v) is 21.8. The number of fused-ring (bicyclic) bond motifs is 5. The Kier molecular flexibility index (Phi) is 6.93. The Bertz CT molecular complexity index is 616. The molecule has 4 fully saturated rings. The van der Waals surface area contributed by atoms with Crippen LogP contribution in [-0.2, 0) is 0 Å². The topological polar surface area (TPSA) is 38.0 Å². The first-order chi connectivity index (χ1) is 14.7. The molecule has 0 spiro atoms. The van der Waals surface area contributed by atoms with E-state index in [4.69, 9.17) is 5.73 Å². The second kappa shape index (κ2) is 8.94. The molecule has 2 heteroatoms. The molecule has 0 aromatic carbocycles. The van der Waals surface area contributed by atoms with Gasteiger partial charge in [0, 0.05) is 12.7 Å². The van der Waals surface area contributed by atoms with Crippen molar-refractivity contribution in [1.29, 1.82) is 0 Å². The monoisotopic (exact) mass is 430 g/mol. The van der Waals surface area contributed by atoms with Gasteiger partial charge in [0.2, 0.25) is 0 Å². The van der Waals surface area contributed by atoms with Gasteiger partial charge in [0.1, 0.15) is 0 Å². The van der Waals surface area contributed by atoms with Crippen LogP contribution in [0.4, 0.5) is 0 Å². The average molecular weight is 431 g/mol. The number of rotatable bonds is 7. The van der Waals surface area contributed by atoms with Gasteiger partial charge in [-0.15, -0.1) is 0 Å². The summed E-state index contributed by atoms with van der Waals surface area (Å²) < 4.78 is 0. The average Bonchev–Trinajstić information content (AvgIpc) is 3.00. The summed E-state index contributed by atoms with van der Waals surface area (Å²) in [5.74, 6) is 5.64. The van der Waals surface area contributed by atoms with Gasteiger partial charge >= 0.3 is 0 Å². The van der Waals surface area contributed by atoms with Crippen LogP contribution in [0.25, 0.3) is 0 Å². The fourth-order valence-electron chi connectivity index (χ4n) is 9.87. The Morgan fingerprint density at radius 2 is 1.61 bits per heavy atom. The van der Waals surface area contributed by atoms with Crippen molar-refractivity contribution in [2.75, 3.05) is 6.67 Å². The van der Waals surface area contributed by atoms with Crippen molar-refractivity contribution in [3.05, 3.63) is 0 Å². The van der Waals surface area contributed by atoms with Crippen LogP contribution < -0.4 is 11.1 Å². The summed E-state index contributed by atoms with van der Waals surface area (Å²) >= 11 is 0. The third-order valence-corrected chi connectivity index (χ3v) is 12.2. The molecule has 9 atom stereocenters. The summed E-state index contributed by atoms with van der Waals surface area (Å²) in [7, 11) is 0. The third kappa shape index (κ3) is 3.94. The highest BCUT2D eigenvalue weighted by atomic mass is 15.0. The fraction of sp³-hybridized carbons (Fsp3) is 1.00. The standard InChI is InChI=1S/C29H54N2/c1-20(2)8-7-9-21(3)28(5)16-14-26-24-11-10-22-18-23(31-19-30)12-15-27(22,4)25(24)13-17-29(26,28)6/h20-26,31H,7-19,30H2,1-6H3/t21-,22?,23?,24-,25?,26?,27+,28-,29+/m1/s1. The molecule has 0 aromatic rings. The van der Waals surface area contributed by atoms with E-state index in [-0.39, 0.29) is 0 Å². The van der Waals surface area contributed by atoms with Gasteiger partial charge in [-0.3, -0.25) is 0 Å². The first kappa shape index (κ1) is 24.1. The molecule has 0 saturated heterocycles. The van der Waals surface area contributed by atoms with E-state index in [1.165, 1.54) is 77.0 Å². The molecule has 4 aliphatic rings. The van der Waals surface area contributed by atoms with E-state index in [0.29, 0.717) is 29.0 Å². The summed E-state index contributed by atoms with van der Waals surface area (Å²) in [4.78, 5) is 0. The molecular formula is C29H54N2. The van der Waals surface area contributed by atoms with Gasteiger partial charge in [0.15, 0.2) is 0 Å². The van der Waals surface area contributed by atoms with Crippen molar-refractivity contribution in [3.8, 4) is 0 Å². The zero-order valence-electron chi connectivity index (χ0n) is 21.8. The van der Waals surface area contributed by atoms with Crippen LogP contribution in [-0.4, -0.2) is 12.7 Å². The van der Waals surface area contributed by atoms with Gasteiger partial charge < -0.3 is 11.1 Å². The van der Waals surface area contributed by atoms with E-state index in [2.05, 4.69) is 46.9 Å². The predicted molar refractivity (Wildman–Crippen MR) is 134 cm³/mol. The molecule has 0 amide bonds. The van der Waals surface area contributed by atoms with Crippen LogP contribution in [0.2, 0.25) is 0 Å². The maximum absolute atomic E-state index is 5.82. The van der Waals surface area contributed by atoms with Crippen molar-refractivity contribution >= 4 is 0 Å². The number of nitrogens with one attached hydrogen (secondary N) is 1. The summed E-state index contributed by atoms with van der Waals surface area (Å²) in [6.45, 7) is 16.2. The highest BCUT2D eigenvalue weighted by Crippen LogP contribution is 2.72. The molecule has 0 aromatic heterocycles. The quantitative estimate of drug-likeness (QED) is 0.414. The molecule has 4 saturated carbocycles. The van der Waals surface area contributed by atoms with E-state index in [1.807, 2.05) is 0 Å². The number of hydrogen-bond acceptors (Lipinski definition) is 2. The molecule has 0 aliphatic heterocycles. The Morgan fingerprint density at radius 1 is 0.871 bits per heavy atom. The SMILES string of the molecule is CC(C)CCC[C@@H](C)[C@@]1(C)CCC2[C@@H]3CCC4CC(NCN)CC[C@]4(C)C3CC[C@@]21C. The lowest BCUT2D eigenvalue weighted by atomic mass is 9.42. The van der Waals surface area contributed by atoms with Crippen LogP contribution in [0.1, 0.15) is 119 Å². The fourth-order valence-corrected chi connectivity index (χ4v) is 9.87. The van der Waals surface area contributed by atoms with Gasteiger partial charge in [-0.25, -0.2) is 0 Å². The molecule has 4 aliphatic carbocycles. The third-order valence-electron chi connectivity index (χ3n) is 12.2. The van der Waals surface area contributed by atoms with Crippen LogP contribution in [0, 0.1) is 51.8 Å². The van der Waals surface area contributed by atoms with Gasteiger partial charge in [-0.05, 0) is 110 Å². The maximum Gasteiger partial charge on any atom is 0.0430 e. The summed E-state index contributed by atoms with van der Waals surface area (Å²) in [6.07, 6.45) is 17.4. The molecule has 2 nitrogen and oxygen atoms in total. The van der Waals surface area contributed by atoms with Gasteiger partial charge in [-0.2, -0.15) is 0 Å².